The summed E-state index contributed by atoms with van der Waals surface area (Å²) in [6, 6.07) is 18.9. The number of hydrogen-bond donors (Lipinski definition) is 1. The van der Waals surface area contributed by atoms with Crippen LogP contribution in [0.25, 0.3) is 0 Å². The zero-order chi connectivity index (χ0) is 29.4. The predicted octanol–water partition coefficient (Wildman–Crippen LogP) is 4.90. The molecule has 1 N–H and O–H groups in total. The molecule has 0 heterocycles. The van der Waals surface area contributed by atoms with Gasteiger partial charge in [0, 0.05) is 12.6 Å². The van der Waals surface area contributed by atoms with Crippen molar-refractivity contribution in [1.29, 1.82) is 0 Å². The number of nitrogens with one attached hydrogen (secondary N) is 1. The zero-order valence-corrected chi connectivity index (χ0v) is 24.1. The molecule has 0 spiro atoms. The van der Waals surface area contributed by atoms with Gasteiger partial charge in [-0.1, -0.05) is 49.6 Å². The van der Waals surface area contributed by atoms with Crippen LogP contribution in [-0.4, -0.2) is 50.9 Å². The summed E-state index contributed by atoms with van der Waals surface area (Å²) < 4.78 is 47.5. The van der Waals surface area contributed by atoms with Gasteiger partial charge in [0.1, 0.15) is 24.2 Å². The highest BCUT2D eigenvalue weighted by atomic mass is 32.2. The quantitative estimate of drug-likeness (QED) is 0.348. The normalized spacial score (nSPS) is 14.6. The molecule has 1 fully saturated rings. The third kappa shape index (κ3) is 7.64. The van der Waals surface area contributed by atoms with Crippen molar-refractivity contribution >= 4 is 27.5 Å². The lowest BCUT2D eigenvalue weighted by Crippen LogP contribution is -2.53. The molecule has 1 atom stereocenters. The highest BCUT2D eigenvalue weighted by Crippen LogP contribution is 2.25. The minimum atomic E-state index is -4.20. The van der Waals surface area contributed by atoms with Gasteiger partial charge in [0.25, 0.3) is 10.0 Å². The van der Waals surface area contributed by atoms with E-state index >= 15 is 0 Å². The fraction of sp³-hybridized carbons (Fsp3) is 0.355. The number of rotatable bonds is 11. The van der Waals surface area contributed by atoms with Crippen LogP contribution in [-0.2, 0) is 26.2 Å². The van der Waals surface area contributed by atoms with Crippen LogP contribution in [0.1, 0.15) is 44.6 Å². The molecule has 1 aliphatic carbocycles. The summed E-state index contributed by atoms with van der Waals surface area (Å²) in [6.45, 7) is 1.11. The topological polar surface area (TPSA) is 96.0 Å². The number of carbonyl (C=O) groups is 2. The van der Waals surface area contributed by atoms with Gasteiger partial charge in [0.2, 0.25) is 11.8 Å². The number of carbonyl (C=O) groups excluding carboxylic acids is 2. The van der Waals surface area contributed by atoms with Gasteiger partial charge in [-0.2, -0.15) is 0 Å². The SMILES string of the molecule is COc1cccc(CN(C(=O)CN(c2ccc(F)cc2)S(=O)(=O)c2ccccc2)C(C)C(=O)NC2CCCCC2)c1. The van der Waals surface area contributed by atoms with E-state index in [2.05, 4.69) is 5.32 Å². The molecular weight excluding hydrogens is 545 g/mol. The molecule has 1 aliphatic rings. The summed E-state index contributed by atoms with van der Waals surface area (Å²) >= 11 is 0. The van der Waals surface area contributed by atoms with Crippen molar-refractivity contribution < 1.29 is 27.1 Å². The summed E-state index contributed by atoms with van der Waals surface area (Å²) in [7, 11) is -2.67. The first kappa shape index (κ1) is 30.0. The van der Waals surface area contributed by atoms with E-state index in [-0.39, 0.29) is 29.1 Å². The lowest BCUT2D eigenvalue weighted by atomic mass is 9.95. The molecule has 0 bridgehead atoms. The van der Waals surface area contributed by atoms with Gasteiger partial charge in [0.15, 0.2) is 0 Å². The minimum Gasteiger partial charge on any atom is -0.497 e. The van der Waals surface area contributed by atoms with Crippen LogP contribution in [0.5, 0.6) is 5.75 Å². The van der Waals surface area contributed by atoms with Crippen molar-refractivity contribution in [3.8, 4) is 5.75 Å². The van der Waals surface area contributed by atoms with Crippen LogP contribution in [0.3, 0.4) is 0 Å². The van der Waals surface area contributed by atoms with Crippen LogP contribution in [0.2, 0.25) is 0 Å². The molecule has 0 saturated heterocycles. The lowest BCUT2D eigenvalue weighted by molar-refractivity contribution is -0.139. The highest BCUT2D eigenvalue weighted by molar-refractivity contribution is 7.92. The average Bonchev–Trinajstić information content (AvgIpc) is 2.99. The number of amides is 2. The van der Waals surface area contributed by atoms with Gasteiger partial charge in [-0.25, -0.2) is 12.8 Å². The van der Waals surface area contributed by atoms with E-state index in [1.807, 2.05) is 6.07 Å². The maximum absolute atomic E-state index is 14.0. The summed E-state index contributed by atoms with van der Waals surface area (Å²) in [6.07, 6.45) is 4.98. The molecule has 0 aromatic heterocycles. The lowest BCUT2D eigenvalue weighted by Gasteiger charge is -2.33. The first-order valence-electron chi connectivity index (χ1n) is 13.7. The maximum atomic E-state index is 14.0. The first-order valence-corrected chi connectivity index (χ1v) is 15.2. The molecule has 8 nitrogen and oxygen atoms in total. The Morgan fingerprint density at radius 2 is 1.66 bits per heavy atom. The molecule has 1 unspecified atom stereocenters. The van der Waals surface area contributed by atoms with E-state index in [9.17, 15) is 22.4 Å². The monoisotopic (exact) mass is 581 g/mol. The molecule has 0 radical (unpaired) electrons. The Balaban J connectivity index is 1.67. The molecule has 1 saturated carbocycles. The van der Waals surface area contributed by atoms with Gasteiger partial charge in [-0.3, -0.25) is 13.9 Å². The number of nitrogens with zero attached hydrogens (tertiary/aromatic N) is 2. The number of anilines is 1. The van der Waals surface area contributed by atoms with E-state index in [1.165, 1.54) is 36.3 Å². The van der Waals surface area contributed by atoms with Gasteiger partial charge >= 0.3 is 0 Å². The Kier molecular flexibility index (Phi) is 9.99. The molecule has 41 heavy (non-hydrogen) atoms. The molecular formula is C31H36FN3O5S. The Labute approximate surface area is 241 Å². The summed E-state index contributed by atoms with van der Waals surface area (Å²) in [5.74, 6) is -0.825. The van der Waals surface area contributed by atoms with Gasteiger partial charge in [-0.15, -0.1) is 0 Å². The van der Waals surface area contributed by atoms with Crippen molar-refractivity contribution in [2.24, 2.45) is 0 Å². The number of ether oxygens (including phenoxy) is 1. The van der Waals surface area contributed by atoms with Crippen molar-refractivity contribution in [3.63, 3.8) is 0 Å². The molecule has 4 rings (SSSR count). The van der Waals surface area contributed by atoms with Crippen LogP contribution in [0, 0.1) is 5.82 Å². The molecule has 10 heteroatoms. The van der Waals surface area contributed by atoms with Crippen LogP contribution >= 0.6 is 0 Å². The molecule has 218 valence electrons. The van der Waals surface area contributed by atoms with E-state index in [0.717, 1.165) is 48.5 Å². The Bertz CT molecular complexity index is 1430. The maximum Gasteiger partial charge on any atom is 0.264 e. The van der Waals surface area contributed by atoms with Crippen molar-refractivity contribution in [2.75, 3.05) is 18.0 Å². The predicted molar refractivity (Wildman–Crippen MR) is 155 cm³/mol. The number of sulfonamides is 1. The largest absolute Gasteiger partial charge is 0.497 e. The number of hydrogen-bond acceptors (Lipinski definition) is 5. The van der Waals surface area contributed by atoms with E-state index in [4.69, 9.17) is 4.74 Å². The number of halogens is 1. The molecule has 0 aliphatic heterocycles. The third-order valence-corrected chi connectivity index (χ3v) is 9.12. The van der Waals surface area contributed by atoms with Crippen LogP contribution in [0.4, 0.5) is 10.1 Å². The van der Waals surface area contributed by atoms with E-state index < -0.39 is 34.3 Å². The zero-order valence-electron chi connectivity index (χ0n) is 23.3. The van der Waals surface area contributed by atoms with Gasteiger partial charge in [0.05, 0.1) is 17.7 Å². The second-order valence-corrected chi connectivity index (χ2v) is 12.1. The summed E-state index contributed by atoms with van der Waals surface area (Å²) in [4.78, 5) is 28.7. The standard InChI is InChI=1S/C31H36FN3O5S/c1-23(31(37)33-26-11-5-3-6-12-26)34(21-24-10-9-13-28(20-24)40-2)30(36)22-35(27-18-16-25(32)17-19-27)41(38,39)29-14-7-4-8-15-29/h4,7-10,13-20,23,26H,3,5-6,11-12,21-22H2,1-2H3,(H,33,37). The number of methoxy groups -OCH3 is 1. The van der Waals surface area contributed by atoms with E-state index in [1.54, 1.807) is 43.3 Å². The Morgan fingerprint density at radius 3 is 2.32 bits per heavy atom. The second-order valence-electron chi connectivity index (χ2n) is 10.2. The van der Waals surface area contributed by atoms with E-state index in [0.29, 0.717) is 11.3 Å². The summed E-state index contributed by atoms with van der Waals surface area (Å²) in [5, 5.41) is 3.08. The molecule has 2 amide bonds. The fourth-order valence-corrected chi connectivity index (χ4v) is 6.41. The molecule has 3 aromatic rings. The number of benzene rings is 3. The minimum absolute atomic E-state index is 0.0143. The highest BCUT2D eigenvalue weighted by Gasteiger charge is 2.33. The van der Waals surface area contributed by atoms with Crippen LogP contribution < -0.4 is 14.4 Å². The first-order chi connectivity index (χ1) is 19.7. The van der Waals surface area contributed by atoms with Crippen molar-refractivity contribution in [3.05, 3.63) is 90.2 Å². The van der Waals surface area contributed by atoms with Crippen molar-refractivity contribution in [2.45, 2.75) is 62.6 Å². The Hall–Kier alpha value is -3.92. The van der Waals surface area contributed by atoms with Crippen molar-refractivity contribution in [1.82, 2.24) is 10.2 Å². The smallest absolute Gasteiger partial charge is 0.264 e. The van der Waals surface area contributed by atoms with Gasteiger partial charge < -0.3 is 15.0 Å². The third-order valence-electron chi connectivity index (χ3n) is 7.33. The summed E-state index contributed by atoms with van der Waals surface area (Å²) in [5.41, 5.74) is 0.846. The second kappa shape index (κ2) is 13.6. The average molecular weight is 582 g/mol. The Morgan fingerprint density at radius 1 is 0.976 bits per heavy atom. The van der Waals surface area contributed by atoms with Gasteiger partial charge in [-0.05, 0) is 73.9 Å². The van der Waals surface area contributed by atoms with Crippen LogP contribution in [0.15, 0.2) is 83.8 Å². The molecule has 3 aromatic carbocycles. The fourth-order valence-electron chi connectivity index (χ4n) is 4.97.